The highest BCUT2D eigenvalue weighted by Gasteiger charge is 2.19. The van der Waals surface area contributed by atoms with Gasteiger partial charge in [0.15, 0.2) is 0 Å². The Labute approximate surface area is 150 Å². The van der Waals surface area contributed by atoms with Crippen molar-refractivity contribution in [3.05, 3.63) is 35.9 Å². The first-order valence-corrected chi connectivity index (χ1v) is 7.64. The molecule has 23 heavy (non-hydrogen) atoms. The van der Waals surface area contributed by atoms with Gasteiger partial charge in [-0.2, -0.15) is 0 Å². The SMILES string of the molecule is Cl.Cl.NCCCC(=O)NC(CN1CCOCC1)c1ccccc1. The third-order valence-corrected chi connectivity index (χ3v) is 3.69. The van der Waals surface area contributed by atoms with E-state index in [-0.39, 0.29) is 36.8 Å². The average Bonchev–Trinajstić information content (AvgIpc) is 2.54. The summed E-state index contributed by atoms with van der Waals surface area (Å²) in [7, 11) is 0. The molecule has 1 amide bonds. The van der Waals surface area contributed by atoms with Crippen LogP contribution in [0.1, 0.15) is 24.4 Å². The second-order valence-electron chi connectivity index (χ2n) is 5.34. The topological polar surface area (TPSA) is 67.6 Å². The third kappa shape index (κ3) is 7.99. The molecule has 1 atom stereocenters. The summed E-state index contributed by atoms with van der Waals surface area (Å²) in [5, 5.41) is 3.14. The van der Waals surface area contributed by atoms with E-state index in [0.29, 0.717) is 13.0 Å². The minimum absolute atomic E-state index is 0. The number of hydrogen-bond acceptors (Lipinski definition) is 4. The van der Waals surface area contributed by atoms with Crippen molar-refractivity contribution in [1.29, 1.82) is 0 Å². The van der Waals surface area contributed by atoms with E-state index in [1.54, 1.807) is 0 Å². The van der Waals surface area contributed by atoms with Gasteiger partial charge in [0.05, 0.1) is 19.3 Å². The van der Waals surface area contributed by atoms with Gasteiger partial charge in [0, 0.05) is 26.1 Å². The summed E-state index contributed by atoms with van der Waals surface area (Å²) in [6.07, 6.45) is 1.22. The van der Waals surface area contributed by atoms with Gasteiger partial charge in [-0.15, -0.1) is 24.8 Å². The highest BCUT2D eigenvalue weighted by Crippen LogP contribution is 2.15. The maximum Gasteiger partial charge on any atom is 0.220 e. The molecule has 1 aromatic rings. The number of nitrogens with one attached hydrogen (secondary N) is 1. The Kier molecular flexibility index (Phi) is 12.1. The number of hydrogen-bond donors (Lipinski definition) is 2. The Morgan fingerprint density at radius 3 is 2.48 bits per heavy atom. The predicted octanol–water partition coefficient (Wildman–Crippen LogP) is 1.76. The molecule has 0 aliphatic carbocycles. The van der Waals surface area contributed by atoms with E-state index in [2.05, 4.69) is 22.3 Å². The van der Waals surface area contributed by atoms with Crippen LogP contribution in [-0.4, -0.2) is 50.2 Å². The lowest BCUT2D eigenvalue weighted by Gasteiger charge is -2.31. The van der Waals surface area contributed by atoms with Crippen LogP contribution in [0.2, 0.25) is 0 Å². The fourth-order valence-corrected chi connectivity index (χ4v) is 2.49. The van der Waals surface area contributed by atoms with Gasteiger partial charge in [0.2, 0.25) is 5.91 Å². The summed E-state index contributed by atoms with van der Waals surface area (Å²) in [5.41, 5.74) is 6.61. The second kappa shape index (κ2) is 12.6. The van der Waals surface area contributed by atoms with Crippen LogP contribution in [0.5, 0.6) is 0 Å². The van der Waals surface area contributed by atoms with Crippen molar-refractivity contribution in [2.45, 2.75) is 18.9 Å². The number of rotatable bonds is 7. The standard InChI is InChI=1S/C16H25N3O2.2ClH/c17-8-4-7-16(20)18-15(14-5-2-1-3-6-14)13-19-9-11-21-12-10-19;;/h1-3,5-6,15H,4,7-13,17H2,(H,18,20);2*1H. The molecule has 7 heteroatoms. The first-order valence-electron chi connectivity index (χ1n) is 7.64. The van der Waals surface area contributed by atoms with Gasteiger partial charge in [-0.25, -0.2) is 0 Å². The van der Waals surface area contributed by atoms with Gasteiger partial charge in [-0.05, 0) is 18.5 Å². The highest BCUT2D eigenvalue weighted by molar-refractivity contribution is 5.85. The van der Waals surface area contributed by atoms with E-state index in [0.717, 1.165) is 44.8 Å². The largest absolute Gasteiger partial charge is 0.379 e. The van der Waals surface area contributed by atoms with Gasteiger partial charge in [0.25, 0.3) is 0 Å². The lowest BCUT2D eigenvalue weighted by atomic mass is 10.1. The number of ether oxygens (including phenoxy) is 1. The summed E-state index contributed by atoms with van der Waals surface area (Å²) in [6.45, 7) is 4.74. The monoisotopic (exact) mass is 363 g/mol. The van der Waals surface area contributed by atoms with Crippen LogP contribution < -0.4 is 11.1 Å². The molecule has 0 bridgehead atoms. The Morgan fingerprint density at radius 2 is 1.87 bits per heavy atom. The van der Waals surface area contributed by atoms with Crippen molar-refractivity contribution in [3.63, 3.8) is 0 Å². The van der Waals surface area contributed by atoms with Crippen LogP contribution in [0.4, 0.5) is 0 Å². The van der Waals surface area contributed by atoms with Crippen molar-refractivity contribution in [3.8, 4) is 0 Å². The lowest BCUT2D eigenvalue weighted by Crippen LogP contribution is -2.43. The summed E-state index contributed by atoms with van der Waals surface area (Å²) in [5.74, 6) is 0.0718. The lowest BCUT2D eigenvalue weighted by molar-refractivity contribution is -0.122. The van der Waals surface area contributed by atoms with Crippen molar-refractivity contribution >= 4 is 30.7 Å². The fraction of sp³-hybridized carbons (Fsp3) is 0.562. The van der Waals surface area contributed by atoms with Gasteiger partial charge >= 0.3 is 0 Å². The molecular formula is C16H27Cl2N3O2. The van der Waals surface area contributed by atoms with Crippen molar-refractivity contribution in [2.75, 3.05) is 39.4 Å². The van der Waals surface area contributed by atoms with E-state index in [9.17, 15) is 4.79 Å². The second-order valence-corrected chi connectivity index (χ2v) is 5.34. The zero-order valence-corrected chi connectivity index (χ0v) is 14.9. The molecule has 132 valence electrons. The maximum absolute atomic E-state index is 12.0. The predicted molar refractivity (Wildman–Crippen MR) is 97.4 cm³/mol. The summed E-state index contributed by atoms with van der Waals surface area (Å²) >= 11 is 0. The Hall–Kier alpha value is -0.850. The van der Waals surface area contributed by atoms with Gasteiger partial charge in [-0.3, -0.25) is 9.69 Å². The van der Waals surface area contributed by atoms with E-state index in [1.807, 2.05) is 18.2 Å². The zero-order valence-electron chi connectivity index (χ0n) is 13.3. The van der Waals surface area contributed by atoms with Crippen LogP contribution in [0.15, 0.2) is 30.3 Å². The first-order chi connectivity index (χ1) is 10.3. The van der Waals surface area contributed by atoms with Crippen LogP contribution in [0, 0.1) is 0 Å². The van der Waals surface area contributed by atoms with Crippen molar-refractivity contribution in [1.82, 2.24) is 10.2 Å². The fourth-order valence-electron chi connectivity index (χ4n) is 2.49. The number of nitrogens with zero attached hydrogens (tertiary/aromatic N) is 1. The number of benzene rings is 1. The Balaban J connectivity index is 0.00000242. The van der Waals surface area contributed by atoms with E-state index in [4.69, 9.17) is 10.5 Å². The third-order valence-electron chi connectivity index (χ3n) is 3.69. The number of morpholine rings is 1. The normalized spacial score (nSPS) is 15.9. The molecule has 0 spiro atoms. The molecule has 3 N–H and O–H groups in total. The van der Waals surface area contributed by atoms with Crippen LogP contribution in [0.3, 0.4) is 0 Å². The smallest absolute Gasteiger partial charge is 0.220 e. The summed E-state index contributed by atoms with van der Waals surface area (Å²) in [4.78, 5) is 14.4. The Morgan fingerprint density at radius 1 is 1.22 bits per heavy atom. The molecule has 5 nitrogen and oxygen atoms in total. The summed E-state index contributed by atoms with van der Waals surface area (Å²) < 4.78 is 5.38. The van der Waals surface area contributed by atoms with Gasteiger partial charge < -0.3 is 15.8 Å². The van der Waals surface area contributed by atoms with E-state index in [1.165, 1.54) is 0 Å². The molecule has 1 saturated heterocycles. The highest BCUT2D eigenvalue weighted by atomic mass is 35.5. The maximum atomic E-state index is 12.0. The van der Waals surface area contributed by atoms with Crippen LogP contribution in [-0.2, 0) is 9.53 Å². The molecule has 0 saturated carbocycles. The van der Waals surface area contributed by atoms with Crippen LogP contribution in [0.25, 0.3) is 0 Å². The molecule has 0 radical (unpaired) electrons. The number of carbonyl (C=O) groups excluding carboxylic acids is 1. The number of nitrogens with two attached hydrogens (primary N) is 1. The molecule has 1 heterocycles. The van der Waals surface area contributed by atoms with E-state index >= 15 is 0 Å². The first kappa shape index (κ1) is 22.1. The van der Waals surface area contributed by atoms with Crippen molar-refractivity contribution in [2.24, 2.45) is 5.73 Å². The number of amides is 1. The molecule has 1 unspecified atom stereocenters. The summed E-state index contributed by atoms with van der Waals surface area (Å²) in [6, 6.07) is 10.2. The molecule has 0 aromatic heterocycles. The molecule has 1 aromatic carbocycles. The number of halogens is 2. The molecule has 2 rings (SSSR count). The van der Waals surface area contributed by atoms with Gasteiger partial charge in [-0.1, -0.05) is 30.3 Å². The van der Waals surface area contributed by atoms with Crippen LogP contribution >= 0.6 is 24.8 Å². The average molecular weight is 364 g/mol. The molecule has 1 aliphatic heterocycles. The van der Waals surface area contributed by atoms with Crippen molar-refractivity contribution < 1.29 is 9.53 Å². The minimum Gasteiger partial charge on any atom is -0.379 e. The van der Waals surface area contributed by atoms with Gasteiger partial charge in [0.1, 0.15) is 0 Å². The molecular weight excluding hydrogens is 337 g/mol. The minimum atomic E-state index is 0. The Bertz CT molecular complexity index is 429. The molecule has 1 fully saturated rings. The zero-order chi connectivity index (χ0) is 14.9. The quantitative estimate of drug-likeness (QED) is 0.774. The van der Waals surface area contributed by atoms with E-state index < -0.39 is 0 Å². The molecule has 1 aliphatic rings. The number of carbonyl (C=O) groups is 1.